The average Bonchev–Trinajstić information content (AvgIpc) is 2.71. The van der Waals surface area contributed by atoms with Gasteiger partial charge in [0.15, 0.2) is 0 Å². The second kappa shape index (κ2) is 11.9. The maximum absolute atomic E-state index is 12.8. The lowest BCUT2D eigenvalue weighted by molar-refractivity contribution is -0.142. The van der Waals surface area contributed by atoms with Crippen LogP contribution in [0.15, 0.2) is 24.3 Å². The Hall–Kier alpha value is -3.18. The fourth-order valence-electron chi connectivity index (χ4n) is 2.49. The van der Waals surface area contributed by atoms with E-state index in [2.05, 4.69) is 16.0 Å². The van der Waals surface area contributed by atoms with Crippen LogP contribution in [0.3, 0.4) is 0 Å². The number of rotatable bonds is 11. The SMILES string of the molecule is CC(NC(=O)C(CO)NC(=O)C(Cc1ccc(O)cc1)NC(=O)C(N)C(C)C)C(=O)O. The van der Waals surface area contributed by atoms with Crippen LogP contribution in [-0.4, -0.2) is 69.8 Å². The molecule has 11 nitrogen and oxygen atoms in total. The van der Waals surface area contributed by atoms with Crippen LogP contribution in [0.5, 0.6) is 5.75 Å². The summed E-state index contributed by atoms with van der Waals surface area (Å²) in [5, 5.41) is 34.8. The van der Waals surface area contributed by atoms with Gasteiger partial charge in [-0.1, -0.05) is 26.0 Å². The smallest absolute Gasteiger partial charge is 0.325 e. The van der Waals surface area contributed by atoms with E-state index in [0.717, 1.165) is 0 Å². The largest absolute Gasteiger partial charge is 0.508 e. The van der Waals surface area contributed by atoms with E-state index in [9.17, 15) is 29.4 Å². The zero-order valence-corrected chi connectivity index (χ0v) is 17.7. The van der Waals surface area contributed by atoms with Crippen LogP contribution < -0.4 is 21.7 Å². The molecule has 0 saturated heterocycles. The number of carbonyl (C=O) groups is 4. The first kappa shape index (κ1) is 25.9. The minimum Gasteiger partial charge on any atom is -0.508 e. The number of carboxylic acids is 1. The Morgan fingerprint density at radius 3 is 1.90 bits per heavy atom. The summed E-state index contributed by atoms with van der Waals surface area (Å²) in [4.78, 5) is 48.3. The molecule has 0 aliphatic carbocycles. The highest BCUT2D eigenvalue weighted by molar-refractivity contribution is 5.94. The zero-order chi connectivity index (χ0) is 23.7. The number of phenols is 1. The van der Waals surface area contributed by atoms with E-state index < -0.39 is 54.5 Å². The van der Waals surface area contributed by atoms with E-state index in [1.807, 2.05) is 0 Å². The quantitative estimate of drug-likeness (QED) is 0.216. The highest BCUT2D eigenvalue weighted by Crippen LogP contribution is 2.12. The van der Waals surface area contributed by atoms with Crippen LogP contribution in [0.25, 0.3) is 0 Å². The summed E-state index contributed by atoms with van der Waals surface area (Å²) in [7, 11) is 0. The highest BCUT2D eigenvalue weighted by atomic mass is 16.4. The van der Waals surface area contributed by atoms with Gasteiger partial charge in [-0.3, -0.25) is 19.2 Å². The maximum atomic E-state index is 12.8. The van der Waals surface area contributed by atoms with Gasteiger partial charge in [-0.15, -0.1) is 0 Å². The highest BCUT2D eigenvalue weighted by Gasteiger charge is 2.29. The van der Waals surface area contributed by atoms with Crippen LogP contribution in [-0.2, 0) is 25.6 Å². The number of nitrogens with two attached hydrogens (primary N) is 1. The van der Waals surface area contributed by atoms with E-state index in [1.165, 1.54) is 19.1 Å². The number of aliphatic hydroxyl groups is 1. The normalized spacial score (nSPS) is 14.8. The van der Waals surface area contributed by atoms with Gasteiger partial charge in [0, 0.05) is 6.42 Å². The van der Waals surface area contributed by atoms with E-state index >= 15 is 0 Å². The van der Waals surface area contributed by atoms with Crippen LogP contribution in [0.4, 0.5) is 0 Å². The Morgan fingerprint density at radius 1 is 0.903 bits per heavy atom. The van der Waals surface area contributed by atoms with E-state index in [0.29, 0.717) is 5.56 Å². The van der Waals surface area contributed by atoms with Crippen molar-refractivity contribution in [2.75, 3.05) is 6.61 Å². The molecule has 0 heterocycles. The Kier molecular flexibility index (Phi) is 9.90. The number of hydrogen-bond donors (Lipinski definition) is 7. The predicted molar refractivity (Wildman–Crippen MR) is 111 cm³/mol. The molecule has 0 radical (unpaired) electrons. The molecule has 31 heavy (non-hydrogen) atoms. The van der Waals surface area contributed by atoms with Crippen molar-refractivity contribution in [3.8, 4) is 5.75 Å². The van der Waals surface area contributed by atoms with Crippen LogP contribution in [0.2, 0.25) is 0 Å². The molecule has 1 rings (SSSR count). The third-order valence-electron chi connectivity index (χ3n) is 4.57. The minimum atomic E-state index is -1.42. The van der Waals surface area contributed by atoms with E-state index in [1.54, 1.807) is 26.0 Å². The first-order chi connectivity index (χ1) is 14.5. The van der Waals surface area contributed by atoms with Crippen LogP contribution in [0, 0.1) is 5.92 Å². The molecule has 0 bridgehead atoms. The first-order valence-electron chi connectivity index (χ1n) is 9.74. The van der Waals surface area contributed by atoms with Gasteiger partial charge in [-0.2, -0.15) is 0 Å². The fraction of sp³-hybridized carbons (Fsp3) is 0.500. The van der Waals surface area contributed by atoms with Crippen molar-refractivity contribution in [3.05, 3.63) is 29.8 Å². The number of phenolic OH excluding ortho intramolecular Hbond substituents is 1. The molecule has 0 aliphatic heterocycles. The number of aliphatic carboxylic acids is 1. The zero-order valence-electron chi connectivity index (χ0n) is 17.7. The second-order valence-electron chi connectivity index (χ2n) is 7.51. The van der Waals surface area contributed by atoms with Gasteiger partial charge < -0.3 is 37.0 Å². The second-order valence-corrected chi connectivity index (χ2v) is 7.51. The number of nitrogens with one attached hydrogen (secondary N) is 3. The molecule has 0 fully saturated rings. The molecule has 0 saturated carbocycles. The van der Waals surface area contributed by atoms with Crippen LogP contribution in [0.1, 0.15) is 26.3 Å². The molecule has 1 aromatic rings. The van der Waals surface area contributed by atoms with Gasteiger partial charge in [0.05, 0.1) is 12.6 Å². The Balaban J connectivity index is 2.99. The number of carbonyl (C=O) groups excluding carboxylic acids is 3. The molecule has 0 spiro atoms. The monoisotopic (exact) mass is 438 g/mol. The summed E-state index contributed by atoms with van der Waals surface area (Å²) >= 11 is 0. The van der Waals surface area contributed by atoms with Crippen molar-refractivity contribution in [1.29, 1.82) is 0 Å². The van der Waals surface area contributed by atoms with Crippen molar-refractivity contribution in [3.63, 3.8) is 0 Å². The summed E-state index contributed by atoms with van der Waals surface area (Å²) < 4.78 is 0. The summed E-state index contributed by atoms with van der Waals surface area (Å²) in [6, 6.07) is 1.31. The van der Waals surface area contributed by atoms with E-state index in [4.69, 9.17) is 10.8 Å². The standard InChI is InChI=1S/C20H30N4O7/c1-10(2)16(21)19(29)23-14(8-12-4-6-13(26)7-5-12)17(27)24-15(9-25)18(28)22-11(3)20(30)31/h4-7,10-11,14-16,25-26H,8-9,21H2,1-3H3,(H,22,28)(H,23,29)(H,24,27)(H,30,31). The molecule has 0 aliphatic rings. The van der Waals surface area contributed by atoms with Gasteiger partial charge in [-0.05, 0) is 30.5 Å². The molecule has 4 unspecified atom stereocenters. The summed E-state index contributed by atoms with van der Waals surface area (Å²) in [6.45, 7) is 3.94. The Morgan fingerprint density at radius 2 is 1.42 bits per heavy atom. The summed E-state index contributed by atoms with van der Waals surface area (Å²) in [5.74, 6) is -3.67. The van der Waals surface area contributed by atoms with Crippen molar-refractivity contribution >= 4 is 23.7 Å². The molecule has 8 N–H and O–H groups in total. The lowest BCUT2D eigenvalue weighted by Crippen LogP contribution is -2.58. The molecular weight excluding hydrogens is 408 g/mol. The van der Waals surface area contributed by atoms with Gasteiger partial charge in [0.1, 0.15) is 23.9 Å². The first-order valence-corrected chi connectivity index (χ1v) is 9.74. The molecule has 3 amide bonds. The third kappa shape index (κ3) is 8.22. The van der Waals surface area contributed by atoms with Crippen molar-refractivity contribution in [1.82, 2.24) is 16.0 Å². The molecule has 0 aromatic heterocycles. The average molecular weight is 438 g/mol. The lowest BCUT2D eigenvalue weighted by Gasteiger charge is -2.24. The number of benzene rings is 1. The van der Waals surface area contributed by atoms with Gasteiger partial charge in [0.2, 0.25) is 17.7 Å². The number of aliphatic hydroxyl groups excluding tert-OH is 1. The van der Waals surface area contributed by atoms with Gasteiger partial charge >= 0.3 is 5.97 Å². The van der Waals surface area contributed by atoms with Crippen LogP contribution >= 0.6 is 0 Å². The number of carboxylic acid groups (broad SMARTS) is 1. The summed E-state index contributed by atoms with van der Waals surface area (Å²) in [5.41, 5.74) is 6.46. The number of amides is 3. The number of hydrogen-bond acceptors (Lipinski definition) is 7. The topological polar surface area (TPSA) is 191 Å². The molecule has 4 atom stereocenters. The number of aromatic hydroxyl groups is 1. The maximum Gasteiger partial charge on any atom is 0.325 e. The van der Waals surface area contributed by atoms with E-state index in [-0.39, 0.29) is 18.1 Å². The molecule has 172 valence electrons. The minimum absolute atomic E-state index is 0.0218. The predicted octanol–water partition coefficient (Wildman–Crippen LogP) is -1.53. The van der Waals surface area contributed by atoms with Gasteiger partial charge in [0.25, 0.3) is 0 Å². The molecule has 1 aromatic carbocycles. The third-order valence-corrected chi connectivity index (χ3v) is 4.57. The fourth-order valence-corrected chi connectivity index (χ4v) is 2.49. The summed E-state index contributed by atoms with van der Waals surface area (Å²) in [6.07, 6.45) is 0.0218. The molecule has 11 heteroatoms. The van der Waals surface area contributed by atoms with Crippen molar-refractivity contribution in [2.45, 2.75) is 51.4 Å². The van der Waals surface area contributed by atoms with Gasteiger partial charge in [-0.25, -0.2) is 0 Å². The Bertz CT molecular complexity index is 782. The Labute approximate surface area is 180 Å². The molecular formula is C20H30N4O7. The van der Waals surface area contributed by atoms with Crippen molar-refractivity contribution in [2.24, 2.45) is 11.7 Å². The lowest BCUT2D eigenvalue weighted by atomic mass is 10.0. The van der Waals surface area contributed by atoms with Crippen molar-refractivity contribution < 1.29 is 34.5 Å².